The highest BCUT2D eigenvalue weighted by atomic mass is 79.9. The average molecular weight is 299 g/mol. The van der Waals surface area contributed by atoms with E-state index in [9.17, 15) is 0 Å². The van der Waals surface area contributed by atoms with Gasteiger partial charge in [-0.25, -0.2) is 0 Å². The molecule has 1 atom stereocenters. The third-order valence-corrected chi connectivity index (χ3v) is 3.96. The van der Waals surface area contributed by atoms with Crippen LogP contribution in [0.3, 0.4) is 0 Å². The van der Waals surface area contributed by atoms with Gasteiger partial charge in [-0.1, -0.05) is 0 Å². The first-order valence-corrected chi connectivity index (χ1v) is 6.32. The van der Waals surface area contributed by atoms with E-state index in [0.717, 1.165) is 29.0 Å². The molecule has 17 heavy (non-hydrogen) atoms. The van der Waals surface area contributed by atoms with Crippen LogP contribution in [0.2, 0.25) is 0 Å². The van der Waals surface area contributed by atoms with E-state index in [4.69, 9.17) is 10.00 Å². The van der Waals surface area contributed by atoms with E-state index in [1.807, 2.05) is 18.7 Å². The third kappa shape index (κ3) is 2.68. The molecular weight excluding hydrogens is 284 g/mol. The molecule has 1 aliphatic heterocycles. The van der Waals surface area contributed by atoms with Crippen molar-refractivity contribution in [1.29, 1.82) is 5.26 Å². The summed E-state index contributed by atoms with van der Waals surface area (Å²) >= 11 is 3.55. The van der Waals surface area contributed by atoms with Crippen LogP contribution in [0, 0.1) is 18.3 Å². The minimum atomic E-state index is -0.308. The van der Waals surface area contributed by atoms with E-state index >= 15 is 0 Å². The number of morpholine rings is 1. The maximum atomic E-state index is 8.86. The zero-order valence-corrected chi connectivity index (χ0v) is 11.6. The zero-order valence-electron chi connectivity index (χ0n) is 9.98. The Labute approximate surface area is 109 Å². The average Bonchev–Trinajstić information content (AvgIpc) is 2.56. The van der Waals surface area contributed by atoms with Crippen LogP contribution in [0.5, 0.6) is 0 Å². The van der Waals surface area contributed by atoms with Gasteiger partial charge in [-0.05, 0) is 22.9 Å². The van der Waals surface area contributed by atoms with Gasteiger partial charge in [-0.3, -0.25) is 9.58 Å². The molecule has 0 aliphatic carbocycles. The van der Waals surface area contributed by atoms with Crippen LogP contribution >= 0.6 is 15.9 Å². The van der Waals surface area contributed by atoms with Gasteiger partial charge in [0.1, 0.15) is 0 Å². The van der Waals surface area contributed by atoms with Crippen molar-refractivity contribution in [1.82, 2.24) is 14.7 Å². The fourth-order valence-electron chi connectivity index (χ4n) is 1.99. The second-order valence-corrected chi connectivity index (χ2v) is 4.99. The summed E-state index contributed by atoms with van der Waals surface area (Å²) in [6.45, 7) is 4.90. The number of halogens is 1. The van der Waals surface area contributed by atoms with Crippen molar-refractivity contribution < 1.29 is 4.74 Å². The fraction of sp³-hybridized carbons (Fsp3) is 0.636. The monoisotopic (exact) mass is 298 g/mol. The fourth-order valence-corrected chi connectivity index (χ4v) is 2.45. The molecule has 0 radical (unpaired) electrons. The number of aromatic nitrogens is 2. The highest BCUT2D eigenvalue weighted by Gasteiger charge is 2.22. The molecule has 1 saturated heterocycles. The van der Waals surface area contributed by atoms with Crippen LogP contribution in [-0.2, 0) is 18.3 Å². The van der Waals surface area contributed by atoms with Gasteiger partial charge in [0.25, 0.3) is 0 Å². The number of hydrogen-bond acceptors (Lipinski definition) is 4. The largest absolute Gasteiger partial charge is 0.361 e. The van der Waals surface area contributed by atoms with Gasteiger partial charge in [-0.2, -0.15) is 10.4 Å². The van der Waals surface area contributed by atoms with Crippen LogP contribution in [0.25, 0.3) is 0 Å². The van der Waals surface area contributed by atoms with Crippen molar-refractivity contribution >= 4 is 15.9 Å². The van der Waals surface area contributed by atoms with E-state index in [1.54, 1.807) is 0 Å². The zero-order chi connectivity index (χ0) is 12.4. The number of rotatable bonds is 2. The summed E-state index contributed by atoms with van der Waals surface area (Å²) in [6.07, 6.45) is -0.308. The van der Waals surface area contributed by atoms with Crippen LogP contribution in [0.4, 0.5) is 0 Å². The first kappa shape index (κ1) is 12.6. The molecule has 1 unspecified atom stereocenters. The molecule has 0 aromatic carbocycles. The first-order valence-electron chi connectivity index (χ1n) is 5.53. The van der Waals surface area contributed by atoms with Gasteiger partial charge in [0.15, 0.2) is 6.10 Å². The number of ether oxygens (including phenoxy) is 1. The van der Waals surface area contributed by atoms with E-state index in [0.29, 0.717) is 13.2 Å². The van der Waals surface area contributed by atoms with E-state index in [2.05, 4.69) is 32.0 Å². The Kier molecular flexibility index (Phi) is 3.82. The van der Waals surface area contributed by atoms with E-state index in [-0.39, 0.29) is 6.10 Å². The lowest BCUT2D eigenvalue weighted by Gasteiger charge is -2.29. The Morgan fingerprint density at radius 2 is 2.41 bits per heavy atom. The SMILES string of the molecule is Cc1nn(C)c(CN2CCOC(C#N)C2)c1Br. The number of hydrogen-bond donors (Lipinski definition) is 0. The molecule has 0 N–H and O–H groups in total. The number of nitriles is 1. The maximum absolute atomic E-state index is 8.86. The van der Waals surface area contributed by atoms with Crippen molar-refractivity contribution in [3.63, 3.8) is 0 Å². The topological polar surface area (TPSA) is 54.1 Å². The Bertz CT molecular complexity index is 451. The van der Waals surface area contributed by atoms with Gasteiger partial charge in [0.05, 0.1) is 28.5 Å². The molecule has 92 valence electrons. The van der Waals surface area contributed by atoms with Crippen LogP contribution in [0.15, 0.2) is 4.47 Å². The van der Waals surface area contributed by atoms with Crippen molar-refractivity contribution in [3.05, 3.63) is 15.9 Å². The van der Waals surface area contributed by atoms with Crippen molar-refractivity contribution in [3.8, 4) is 6.07 Å². The van der Waals surface area contributed by atoms with Crippen LogP contribution in [0.1, 0.15) is 11.4 Å². The van der Waals surface area contributed by atoms with Gasteiger partial charge in [0.2, 0.25) is 0 Å². The van der Waals surface area contributed by atoms with E-state index in [1.165, 1.54) is 0 Å². The molecule has 1 aromatic heterocycles. The van der Waals surface area contributed by atoms with Crippen molar-refractivity contribution in [2.45, 2.75) is 19.6 Å². The minimum Gasteiger partial charge on any atom is -0.361 e. The summed E-state index contributed by atoms with van der Waals surface area (Å²) in [4.78, 5) is 2.22. The lowest BCUT2D eigenvalue weighted by atomic mass is 10.2. The molecule has 0 saturated carbocycles. The third-order valence-electron chi connectivity index (χ3n) is 2.93. The second kappa shape index (κ2) is 5.17. The summed E-state index contributed by atoms with van der Waals surface area (Å²) in [7, 11) is 1.94. The normalized spacial score (nSPS) is 21.4. The van der Waals surface area contributed by atoms with Gasteiger partial charge in [0, 0.05) is 26.7 Å². The molecule has 0 amide bonds. The molecule has 1 aromatic rings. The first-order chi connectivity index (χ1) is 8.11. The van der Waals surface area contributed by atoms with Gasteiger partial charge in [-0.15, -0.1) is 0 Å². The van der Waals surface area contributed by atoms with Crippen LogP contribution in [-0.4, -0.2) is 40.5 Å². The molecular formula is C11H15BrN4O. The number of nitrogens with zero attached hydrogens (tertiary/aromatic N) is 4. The van der Waals surface area contributed by atoms with E-state index < -0.39 is 0 Å². The van der Waals surface area contributed by atoms with Gasteiger partial charge >= 0.3 is 0 Å². The summed E-state index contributed by atoms with van der Waals surface area (Å²) in [5.74, 6) is 0. The van der Waals surface area contributed by atoms with Gasteiger partial charge < -0.3 is 4.74 Å². The predicted molar refractivity (Wildman–Crippen MR) is 66.3 cm³/mol. The molecule has 1 aliphatic rings. The molecule has 0 spiro atoms. The summed E-state index contributed by atoms with van der Waals surface area (Å²) in [5.41, 5.74) is 2.13. The summed E-state index contributed by atoms with van der Waals surface area (Å²) < 4.78 is 8.26. The molecule has 5 nitrogen and oxygen atoms in total. The number of aryl methyl sites for hydroxylation is 2. The highest BCUT2D eigenvalue weighted by Crippen LogP contribution is 2.22. The molecule has 6 heteroatoms. The van der Waals surface area contributed by atoms with Crippen molar-refractivity contribution in [2.75, 3.05) is 19.7 Å². The molecule has 2 heterocycles. The Morgan fingerprint density at radius 3 is 3.00 bits per heavy atom. The lowest BCUT2D eigenvalue weighted by Crippen LogP contribution is -2.41. The predicted octanol–water partition coefficient (Wildman–Crippen LogP) is 1.22. The van der Waals surface area contributed by atoms with Crippen molar-refractivity contribution in [2.24, 2.45) is 7.05 Å². The summed E-state index contributed by atoms with van der Waals surface area (Å²) in [5, 5.41) is 13.2. The Hall–Kier alpha value is -0.900. The maximum Gasteiger partial charge on any atom is 0.156 e. The lowest BCUT2D eigenvalue weighted by molar-refractivity contribution is -0.00357. The second-order valence-electron chi connectivity index (χ2n) is 4.19. The Balaban J connectivity index is 2.08. The molecule has 2 rings (SSSR count). The minimum absolute atomic E-state index is 0.308. The van der Waals surface area contributed by atoms with Crippen LogP contribution < -0.4 is 0 Å². The molecule has 0 bridgehead atoms. The standard InChI is InChI=1S/C11H15BrN4O/c1-8-11(12)10(15(2)14-8)7-16-3-4-17-9(5-13)6-16/h9H,3-4,6-7H2,1-2H3. The molecule has 1 fully saturated rings. The summed E-state index contributed by atoms with van der Waals surface area (Å²) in [6, 6.07) is 2.16. The quantitative estimate of drug-likeness (QED) is 0.824. The highest BCUT2D eigenvalue weighted by molar-refractivity contribution is 9.10. The Morgan fingerprint density at radius 1 is 1.65 bits per heavy atom. The smallest absolute Gasteiger partial charge is 0.156 e.